The van der Waals surface area contributed by atoms with E-state index < -0.39 is 5.54 Å². The van der Waals surface area contributed by atoms with Gasteiger partial charge in [-0.1, -0.05) is 32.0 Å². The van der Waals surface area contributed by atoms with Crippen molar-refractivity contribution >= 4 is 29.6 Å². The van der Waals surface area contributed by atoms with Gasteiger partial charge in [-0.15, -0.1) is 11.8 Å². The van der Waals surface area contributed by atoms with Crippen molar-refractivity contribution in [2.45, 2.75) is 50.0 Å². The highest BCUT2D eigenvalue weighted by atomic mass is 32.2. The van der Waals surface area contributed by atoms with Crippen LogP contribution in [0.1, 0.15) is 39.5 Å². The van der Waals surface area contributed by atoms with Crippen LogP contribution in [0.5, 0.6) is 0 Å². The van der Waals surface area contributed by atoms with Gasteiger partial charge in [0.15, 0.2) is 0 Å². The van der Waals surface area contributed by atoms with E-state index in [0.29, 0.717) is 44.3 Å². The maximum atomic E-state index is 13.6. The number of imide groups is 1. The fraction of sp³-hybridized carbons (Fsp3) is 0.640. The van der Waals surface area contributed by atoms with Gasteiger partial charge in [0.2, 0.25) is 5.91 Å². The largest absolute Gasteiger partial charge is 0.342 e. The third kappa shape index (κ3) is 6.29. The quantitative estimate of drug-likeness (QED) is 0.416. The molecular formula is C25H38N4O3S. The maximum absolute atomic E-state index is 13.6. The second-order valence-electron chi connectivity index (χ2n) is 9.85. The van der Waals surface area contributed by atoms with E-state index in [-0.39, 0.29) is 23.8 Å². The molecule has 0 spiro atoms. The zero-order valence-electron chi connectivity index (χ0n) is 20.4. The zero-order valence-corrected chi connectivity index (χ0v) is 21.2. The molecule has 2 aliphatic rings. The lowest BCUT2D eigenvalue weighted by molar-refractivity contribution is -0.135. The van der Waals surface area contributed by atoms with Crippen LogP contribution in [0.25, 0.3) is 0 Å². The van der Waals surface area contributed by atoms with Crippen LogP contribution in [0.3, 0.4) is 0 Å². The van der Waals surface area contributed by atoms with Crippen molar-refractivity contribution in [1.29, 1.82) is 0 Å². The standard InChI is InChI=1S/C25H38N4O3S/c1-19(2)10-13-25(23(31)29(24(32)26-25)17-16-27(3)4)20-11-14-28(15-12-20)22(30)18-33-21-8-6-5-7-9-21/h5-9,19-20H,10-18H2,1-4H3,(H,26,32)/t25-/m1/s1. The molecule has 0 saturated carbocycles. The zero-order chi connectivity index (χ0) is 24.0. The summed E-state index contributed by atoms with van der Waals surface area (Å²) in [6, 6.07) is 9.67. The monoisotopic (exact) mass is 474 g/mol. The molecule has 0 bridgehead atoms. The Labute approximate surface area is 202 Å². The van der Waals surface area contributed by atoms with Crippen LogP contribution in [-0.2, 0) is 9.59 Å². The van der Waals surface area contributed by atoms with E-state index in [1.165, 1.54) is 4.90 Å². The predicted octanol–water partition coefficient (Wildman–Crippen LogP) is 3.31. The lowest BCUT2D eigenvalue weighted by Gasteiger charge is -2.41. The third-order valence-electron chi connectivity index (χ3n) is 6.74. The van der Waals surface area contributed by atoms with Gasteiger partial charge in [0.1, 0.15) is 5.54 Å². The molecule has 7 nitrogen and oxygen atoms in total. The van der Waals surface area contributed by atoms with Crippen molar-refractivity contribution in [3.05, 3.63) is 30.3 Å². The summed E-state index contributed by atoms with van der Waals surface area (Å²) in [4.78, 5) is 45.5. The van der Waals surface area contributed by atoms with E-state index in [9.17, 15) is 14.4 Å². The van der Waals surface area contributed by atoms with E-state index in [2.05, 4.69) is 19.2 Å². The number of piperidine rings is 1. The molecule has 0 radical (unpaired) electrons. The molecule has 0 aromatic heterocycles. The second-order valence-corrected chi connectivity index (χ2v) is 10.9. The number of rotatable bonds is 10. The molecule has 2 aliphatic heterocycles. The van der Waals surface area contributed by atoms with E-state index in [4.69, 9.17) is 0 Å². The summed E-state index contributed by atoms with van der Waals surface area (Å²) < 4.78 is 0. The number of carbonyl (C=O) groups excluding carboxylic acids is 3. The molecule has 33 heavy (non-hydrogen) atoms. The number of hydrogen-bond acceptors (Lipinski definition) is 5. The van der Waals surface area contributed by atoms with Crippen molar-refractivity contribution in [2.75, 3.05) is 46.0 Å². The number of amides is 4. The number of carbonyl (C=O) groups is 3. The van der Waals surface area contributed by atoms with Crippen molar-refractivity contribution in [3.8, 4) is 0 Å². The van der Waals surface area contributed by atoms with Crippen LogP contribution in [-0.4, -0.2) is 84.1 Å². The first-order valence-corrected chi connectivity index (χ1v) is 13.0. The number of nitrogens with one attached hydrogen (secondary N) is 1. The number of thioether (sulfide) groups is 1. The fourth-order valence-electron chi connectivity index (χ4n) is 4.69. The van der Waals surface area contributed by atoms with Crippen LogP contribution < -0.4 is 5.32 Å². The number of likely N-dealkylation sites (tertiary alicyclic amines) is 1. The first-order valence-electron chi connectivity index (χ1n) is 12.0. The van der Waals surface area contributed by atoms with Gasteiger partial charge in [-0.25, -0.2) is 4.79 Å². The smallest absolute Gasteiger partial charge is 0.325 e. The fourth-order valence-corrected chi connectivity index (χ4v) is 5.51. The average molecular weight is 475 g/mol. The molecule has 0 unspecified atom stereocenters. The number of benzene rings is 1. The Bertz CT molecular complexity index is 824. The van der Waals surface area contributed by atoms with Gasteiger partial charge in [0.25, 0.3) is 5.91 Å². The Kier molecular flexibility index (Phi) is 8.82. The van der Waals surface area contributed by atoms with Crippen LogP contribution in [0.15, 0.2) is 35.2 Å². The van der Waals surface area contributed by atoms with E-state index in [1.807, 2.05) is 54.2 Å². The first kappa shape index (κ1) is 25.6. The summed E-state index contributed by atoms with van der Waals surface area (Å²) >= 11 is 1.55. The highest BCUT2D eigenvalue weighted by Crippen LogP contribution is 2.38. The number of urea groups is 1. The van der Waals surface area contributed by atoms with Gasteiger partial charge in [-0.05, 0) is 63.7 Å². The molecule has 1 N–H and O–H groups in total. The van der Waals surface area contributed by atoms with Crippen molar-refractivity contribution in [3.63, 3.8) is 0 Å². The van der Waals surface area contributed by atoms with Gasteiger partial charge in [-0.2, -0.15) is 0 Å². The lowest BCUT2D eigenvalue weighted by atomic mass is 9.74. The summed E-state index contributed by atoms with van der Waals surface area (Å²) in [7, 11) is 3.88. The minimum absolute atomic E-state index is 0.0443. The Hall–Kier alpha value is -2.06. The van der Waals surface area contributed by atoms with Gasteiger partial charge < -0.3 is 15.1 Å². The minimum Gasteiger partial charge on any atom is -0.342 e. The molecule has 1 atom stereocenters. The lowest BCUT2D eigenvalue weighted by Crippen LogP contribution is -2.57. The van der Waals surface area contributed by atoms with E-state index in [1.54, 1.807) is 11.8 Å². The first-order chi connectivity index (χ1) is 15.7. The van der Waals surface area contributed by atoms with Gasteiger partial charge >= 0.3 is 6.03 Å². The highest BCUT2D eigenvalue weighted by Gasteiger charge is 2.55. The SMILES string of the molecule is CC(C)CC[C@]1(C2CCN(C(=O)CSc3ccccc3)CC2)NC(=O)N(CCN(C)C)C1=O. The maximum Gasteiger partial charge on any atom is 0.325 e. The Morgan fingerprint density at radius 1 is 1.18 bits per heavy atom. The minimum atomic E-state index is -0.846. The van der Waals surface area contributed by atoms with Gasteiger partial charge in [-0.3, -0.25) is 14.5 Å². The van der Waals surface area contributed by atoms with Crippen LogP contribution >= 0.6 is 11.8 Å². The Morgan fingerprint density at radius 2 is 1.85 bits per heavy atom. The second kappa shape index (κ2) is 11.4. The summed E-state index contributed by atoms with van der Waals surface area (Å²) in [5.41, 5.74) is -0.846. The molecule has 2 saturated heterocycles. The Balaban J connectivity index is 1.64. The van der Waals surface area contributed by atoms with Crippen molar-refractivity contribution < 1.29 is 14.4 Å². The molecular weight excluding hydrogens is 436 g/mol. The number of hydrogen-bond donors (Lipinski definition) is 1. The average Bonchev–Trinajstić information content (AvgIpc) is 3.05. The molecule has 4 amide bonds. The third-order valence-corrected chi connectivity index (χ3v) is 7.74. The Morgan fingerprint density at radius 3 is 2.45 bits per heavy atom. The molecule has 0 aliphatic carbocycles. The molecule has 3 rings (SSSR count). The van der Waals surface area contributed by atoms with Crippen LogP contribution in [0, 0.1) is 11.8 Å². The molecule has 1 aromatic carbocycles. The summed E-state index contributed by atoms with van der Waals surface area (Å²) in [6.45, 7) is 6.59. The summed E-state index contributed by atoms with van der Waals surface area (Å²) in [6.07, 6.45) is 2.98. The normalized spacial score (nSPS) is 21.9. The topological polar surface area (TPSA) is 73.0 Å². The molecule has 1 aromatic rings. The molecule has 2 heterocycles. The van der Waals surface area contributed by atoms with Crippen LogP contribution in [0.2, 0.25) is 0 Å². The number of nitrogens with zero attached hydrogens (tertiary/aromatic N) is 3. The predicted molar refractivity (Wildman–Crippen MR) is 132 cm³/mol. The number of likely N-dealkylation sites (N-methyl/N-ethyl adjacent to an activating group) is 1. The van der Waals surface area contributed by atoms with Gasteiger partial charge in [0, 0.05) is 31.1 Å². The molecule has 2 fully saturated rings. The van der Waals surface area contributed by atoms with Crippen LogP contribution in [0.4, 0.5) is 4.79 Å². The van der Waals surface area contributed by atoms with Crippen molar-refractivity contribution in [1.82, 2.24) is 20.0 Å². The van der Waals surface area contributed by atoms with E-state index in [0.717, 1.165) is 24.2 Å². The highest BCUT2D eigenvalue weighted by molar-refractivity contribution is 8.00. The van der Waals surface area contributed by atoms with Gasteiger partial charge in [0.05, 0.1) is 5.75 Å². The molecule has 182 valence electrons. The summed E-state index contributed by atoms with van der Waals surface area (Å²) in [5, 5.41) is 3.12. The molecule has 8 heteroatoms. The van der Waals surface area contributed by atoms with E-state index >= 15 is 0 Å². The summed E-state index contributed by atoms with van der Waals surface area (Å²) in [5.74, 6) is 0.954. The van der Waals surface area contributed by atoms with Crippen molar-refractivity contribution in [2.24, 2.45) is 11.8 Å².